The van der Waals surface area contributed by atoms with Gasteiger partial charge in [-0.1, -0.05) is 20.8 Å². The molecule has 1 unspecified atom stereocenters. The van der Waals surface area contributed by atoms with Gasteiger partial charge in [0.2, 0.25) is 0 Å². The van der Waals surface area contributed by atoms with E-state index in [1.165, 1.54) is 11.3 Å². The van der Waals surface area contributed by atoms with Crippen LogP contribution in [0.4, 0.5) is 13.2 Å². The lowest BCUT2D eigenvalue weighted by Crippen LogP contribution is -2.37. The molecule has 8 heteroatoms. The fraction of sp³-hybridized carbons (Fsp3) is 0.692. The molecule has 1 heterocycles. The highest BCUT2D eigenvalue weighted by Gasteiger charge is 2.33. The van der Waals surface area contributed by atoms with Crippen molar-refractivity contribution in [1.82, 2.24) is 10.3 Å². The van der Waals surface area contributed by atoms with Crippen molar-refractivity contribution in [2.24, 2.45) is 0 Å². The average Bonchev–Trinajstić information content (AvgIpc) is 2.77. The van der Waals surface area contributed by atoms with Gasteiger partial charge >= 0.3 is 12.1 Å². The standard InChI is InChI=1S/C13H19F3N2O2S/c1-5-20-10(19)9(17-7-13(14,15)16)8-6-21-11(18-8)12(2,3)4/h6,9,17H,5,7H2,1-4H3. The second-order valence-electron chi connectivity index (χ2n) is 5.51. The molecule has 0 radical (unpaired) electrons. The predicted octanol–water partition coefficient (Wildman–Crippen LogP) is 3.20. The number of nitrogens with zero attached hydrogens (tertiary/aromatic N) is 1. The molecule has 1 atom stereocenters. The van der Waals surface area contributed by atoms with E-state index in [-0.39, 0.29) is 17.7 Å². The molecule has 0 fully saturated rings. The number of thiazole rings is 1. The number of hydrogen-bond acceptors (Lipinski definition) is 5. The molecule has 120 valence electrons. The third-order valence-electron chi connectivity index (χ3n) is 2.49. The minimum atomic E-state index is -4.41. The fourth-order valence-electron chi connectivity index (χ4n) is 1.52. The van der Waals surface area contributed by atoms with Crippen LogP contribution in [-0.2, 0) is 14.9 Å². The summed E-state index contributed by atoms with van der Waals surface area (Å²) in [5, 5.41) is 4.51. The van der Waals surface area contributed by atoms with E-state index in [9.17, 15) is 18.0 Å². The Hall–Kier alpha value is -1.15. The number of carbonyl (C=O) groups is 1. The molecule has 0 spiro atoms. The Morgan fingerprint density at radius 3 is 2.48 bits per heavy atom. The van der Waals surface area contributed by atoms with E-state index in [1.54, 1.807) is 12.3 Å². The Balaban J connectivity index is 2.95. The summed E-state index contributed by atoms with van der Waals surface area (Å²) in [5.41, 5.74) is 0.0271. The van der Waals surface area contributed by atoms with Gasteiger partial charge < -0.3 is 4.74 Å². The number of rotatable bonds is 5. The number of hydrogen-bond donors (Lipinski definition) is 1. The van der Waals surface area contributed by atoms with Crippen molar-refractivity contribution in [1.29, 1.82) is 0 Å². The maximum absolute atomic E-state index is 12.3. The molecule has 1 aromatic rings. The highest BCUT2D eigenvalue weighted by atomic mass is 32.1. The second-order valence-corrected chi connectivity index (χ2v) is 6.37. The molecular weight excluding hydrogens is 305 g/mol. The van der Waals surface area contributed by atoms with Crippen LogP contribution < -0.4 is 5.32 Å². The monoisotopic (exact) mass is 324 g/mol. The molecular formula is C13H19F3N2O2S. The second kappa shape index (κ2) is 6.74. The Labute approximate surface area is 125 Å². The first-order valence-electron chi connectivity index (χ1n) is 6.47. The molecule has 4 nitrogen and oxygen atoms in total. The quantitative estimate of drug-likeness (QED) is 0.845. The number of carbonyl (C=O) groups excluding carboxylic acids is 1. The van der Waals surface area contributed by atoms with Crippen LogP contribution in [-0.4, -0.2) is 30.3 Å². The van der Waals surface area contributed by atoms with E-state index in [1.807, 2.05) is 20.8 Å². The van der Waals surface area contributed by atoms with Gasteiger partial charge in [0.25, 0.3) is 0 Å². The van der Waals surface area contributed by atoms with Gasteiger partial charge in [0, 0.05) is 10.8 Å². The van der Waals surface area contributed by atoms with Crippen LogP contribution in [0.25, 0.3) is 0 Å². The molecule has 1 aromatic heterocycles. The largest absolute Gasteiger partial charge is 0.465 e. The number of nitrogens with one attached hydrogen (secondary N) is 1. The third kappa shape index (κ3) is 5.62. The van der Waals surface area contributed by atoms with Gasteiger partial charge in [-0.05, 0) is 6.92 Å². The van der Waals surface area contributed by atoms with E-state index in [0.29, 0.717) is 0 Å². The zero-order valence-corrected chi connectivity index (χ0v) is 13.2. The minimum absolute atomic E-state index is 0.0965. The lowest BCUT2D eigenvalue weighted by molar-refractivity contribution is -0.149. The SMILES string of the molecule is CCOC(=O)C(NCC(F)(F)F)c1csc(C(C)(C)C)n1. The summed E-state index contributed by atoms with van der Waals surface area (Å²) >= 11 is 1.31. The van der Waals surface area contributed by atoms with Crippen LogP contribution in [0.3, 0.4) is 0 Å². The van der Waals surface area contributed by atoms with Gasteiger partial charge in [-0.25, -0.2) is 9.78 Å². The summed E-state index contributed by atoms with van der Waals surface area (Å²) in [4.78, 5) is 16.1. The molecule has 0 aromatic carbocycles. The van der Waals surface area contributed by atoms with Crippen molar-refractivity contribution >= 4 is 17.3 Å². The smallest absolute Gasteiger partial charge is 0.401 e. The Morgan fingerprint density at radius 1 is 1.43 bits per heavy atom. The summed E-state index contributed by atoms with van der Waals surface area (Å²) in [6, 6.07) is -1.21. The van der Waals surface area contributed by atoms with Crippen LogP contribution in [0, 0.1) is 0 Å². The summed E-state index contributed by atoms with van der Waals surface area (Å²) in [7, 11) is 0. The molecule has 0 aliphatic rings. The molecule has 0 saturated carbocycles. The van der Waals surface area contributed by atoms with Gasteiger partial charge in [0.05, 0.1) is 23.9 Å². The first-order valence-corrected chi connectivity index (χ1v) is 7.35. The van der Waals surface area contributed by atoms with Crippen molar-refractivity contribution in [2.45, 2.75) is 45.3 Å². The molecule has 1 rings (SSSR count). The molecule has 0 amide bonds. The zero-order valence-electron chi connectivity index (χ0n) is 12.4. The molecule has 0 aliphatic carbocycles. The zero-order chi connectivity index (χ0) is 16.3. The van der Waals surface area contributed by atoms with E-state index >= 15 is 0 Å². The lowest BCUT2D eigenvalue weighted by atomic mass is 9.98. The number of esters is 1. The minimum Gasteiger partial charge on any atom is -0.465 e. The van der Waals surface area contributed by atoms with E-state index < -0.39 is 24.7 Å². The summed E-state index contributed by atoms with van der Waals surface area (Å²) < 4.78 is 41.8. The maximum Gasteiger partial charge on any atom is 0.401 e. The van der Waals surface area contributed by atoms with E-state index in [0.717, 1.165) is 5.01 Å². The fourth-order valence-corrected chi connectivity index (χ4v) is 2.45. The highest BCUT2D eigenvalue weighted by Crippen LogP contribution is 2.28. The topological polar surface area (TPSA) is 51.2 Å². The van der Waals surface area contributed by atoms with Crippen LogP contribution >= 0.6 is 11.3 Å². The highest BCUT2D eigenvalue weighted by molar-refractivity contribution is 7.09. The van der Waals surface area contributed by atoms with Crippen molar-refractivity contribution in [3.63, 3.8) is 0 Å². The molecule has 0 aliphatic heterocycles. The van der Waals surface area contributed by atoms with Gasteiger partial charge in [-0.15, -0.1) is 11.3 Å². The summed E-state index contributed by atoms with van der Waals surface area (Å²) in [5.74, 6) is -0.757. The first kappa shape index (κ1) is 17.9. The number of aromatic nitrogens is 1. The van der Waals surface area contributed by atoms with Crippen molar-refractivity contribution in [3.05, 3.63) is 16.1 Å². The van der Waals surface area contributed by atoms with Crippen molar-refractivity contribution in [2.75, 3.05) is 13.2 Å². The number of alkyl halides is 3. The maximum atomic E-state index is 12.3. The van der Waals surface area contributed by atoms with Crippen LogP contribution in [0.2, 0.25) is 0 Å². The first-order chi connectivity index (χ1) is 9.54. The van der Waals surface area contributed by atoms with Crippen LogP contribution in [0.15, 0.2) is 5.38 Å². The Bertz CT molecular complexity index is 480. The van der Waals surface area contributed by atoms with Crippen LogP contribution in [0.5, 0.6) is 0 Å². The molecule has 21 heavy (non-hydrogen) atoms. The predicted molar refractivity (Wildman–Crippen MR) is 74.2 cm³/mol. The number of halogens is 3. The van der Waals surface area contributed by atoms with Crippen LogP contribution in [0.1, 0.15) is 44.4 Å². The Morgan fingerprint density at radius 2 is 2.05 bits per heavy atom. The molecule has 0 bridgehead atoms. The normalized spacial score (nSPS) is 14.0. The van der Waals surface area contributed by atoms with Crippen molar-refractivity contribution < 1.29 is 22.7 Å². The van der Waals surface area contributed by atoms with Gasteiger partial charge in [0.1, 0.15) is 6.04 Å². The summed E-state index contributed by atoms with van der Waals surface area (Å²) in [6.45, 7) is 6.24. The third-order valence-corrected chi connectivity index (χ3v) is 3.77. The van der Waals surface area contributed by atoms with Gasteiger partial charge in [-0.2, -0.15) is 13.2 Å². The van der Waals surface area contributed by atoms with Gasteiger partial charge in [0.15, 0.2) is 0 Å². The summed E-state index contributed by atoms with van der Waals surface area (Å²) in [6.07, 6.45) is -4.41. The number of ether oxygens (including phenoxy) is 1. The van der Waals surface area contributed by atoms with Crippen molar-refractivity contribution in [3.8, 4) is 0 Å². The average molecular weight is 324 g/mol. The van der Waals surface area contributed by atoms with Gasteiger partial charge in [-0.3, -0.25) is 5.32 Å². The van der Waals surface area contributed by atoms with E-state index in [2.05, 4.69) is 10.3 Å². The Kier molecular flexibility index (Phi) is 5.75. The molecule has 1 N–H and O–H groups in total. The molecule has 0 saturated heterocycles. The lowest BCUT2D eigenvalue weighted by Gasteiger charge is -2.17. The van der Waals surface area contributed by atoms with E-state index in [4.69, 9.17) is 4.74 Å².